The molecule has 0 saturated heterocycles. The molecule has 0 spiro atoms. The number of amides is 2. The molecule has 7 nitrogen and oxygen atoms in total. The second kappa shape index (κ2) is 11.4. The number of ether oxygens (including phenoxy) is 3. The average molecular weight is 441 g/mol. The highest BCUT2D eigenvalue weighted by atomic mass is 16.5. The van der Waals surface area contributed by atoms with Gasteiger partial charge in [0.2, 0.25) is 11.8 Å². The Kier molecular flexibility index (Phi) is 8.36. The number of carbonyl (C=O) groups excluding carboxylic acids is 2. The van der Waals surface area contributed by atoms with Gasteiger partial charge in [-0.2, -0.15) is 0 Å². The van der Waals surface area contributed by atoms with Crippen molar-refractivity contribution < 1.29 is 23.8 Å². The minimum Gasteiger partial charge on any atom is -0.490 e. The van der Waals surface area contributed by atoms with E-state index in [1.165, 1.54) is 0 Å². The SMILES string of the molecule is CCOc1ccc(CCNC(=O)CCC(=O)N2CC(C)Oc3ccccc32)cc1OCC. The molecule has 0 fully saturated rings. The van der Waals surface area contributed by atoms with Gasteiger partial charge in [0.25, 0.3) is 0 Å². The Morgan fingerprint density at radius 1 is 1.06 bits per heavy atom. The fraction of sp³-hybridized carbons (Fsp3) is 0.440. The van der Waals surface area contributed by atoms with E-state index in [-0.39, 0.29) is 30.8 Å². The van der Waals surface area contributed by atoms with Crippen LogP contribution in [0.15, 0.2) is 42.5 Å². The normalized spacial score (nSPS) is 14.8. The number of nitrogens with zero attached hydrogens (tertiary/aromatic N) is 1. The minimum atomic E-state index is -0.135. The van der Waals surface area contributed by atoms with Crippen LogP contribution in [0.2, 0.25) is 0 Å². The van der Waals surface area contributed by atoms with Gasteiger partial charge in [0.05, 0.1) is 25.4 Å². The molecule has 3 rings (SSSR count). The molecule has 2 amide bonds. The fourth-order valence-corrected chi connectivity index (χ4v) is 3.67. The van der Waals surface area contributed by atoms with E-state index >= 15 is 0 Å². The number of anilines is 1. The summed E-state index contributed by atoms with van der Waals surface area (Å²) in [4.78, 5) is 26.8. The van der Waals surface area contributed by atoms with Gasteiger partial charge in [-0.05, 0) is 57.0 Å². The third kappa shape index (κ3) is 6.15. The molecule has 0 aliphatic carbocycles. The van der Waals surface area contributed by atoms with Crippen LogP contribution in [0.1, 0.15) is 39.2 Å². The van der Waals surface area contributed by atoms with Crippen LogP contribution in [0.25, 0.3) is 0 Å². The van der Waals surface area contributed by atoms with Crippen molar-refractivity contribution in [1.82, 2.24) is 5.32 Å². The minimum absolute atomic E-state index is 0.0735. The molecule has 2 aromatic rings. The maximum atomic E-state index is 12.8. The first kappa shape index (κ1) is 23.4. The summed E-state index contributed by atoms with van der Waals surface area (Å²) < 4.78 is 17.0. The summed E-state index contributed by atoms with van der Waals surface area (Å²) in [6.07, 6.45) is 0.892. The topological polar surface area (TPSA) is 77.1 Å². The zero-order chi connectivity index (χ0) is 22.9. The van der Waals surface area contributed by atoms with Crippen LogP contribution in [0.4, 0.5) is 5.69 Å². The maximum Gasteiger partial charge on any atom is 0.227 e. The van der Waals surface area contributed by atoms with Gasteiger partial charge in [-0.3, -0.25) is 9.59 Å². The van der Waals surface area contributed by atoms with Crippen LogP contribution in [0.5, 0.6) is 17.2 Å². The molecule has 1 N–H and O–H groups in total. The number of carbonyl (C=O) groups is 2. The molecule has 7 heteroatoms. The van der Waals surface area contributed by atoms with Crippen molar-refractivity contribution in [1.29, 1.82) is 0 Å². The number of hydrogen-bond donors (Lipinski definition) is 1. The number of nitrogens with one attached hydrogen (secondary N) is 1. The van der Waals surface area contributed by atoms with Gasteiger partial charge in [0, 0.05) is 19.4 Å². The lowest BCUT2D eigenvalue weighted by Crippen LogP contribution is -2.42. The van der Waals surface area contributed by atoms with Gasteiger partial charge in [-0.25, -0.2) is 0 Å². The number of fused-ring (bicyclic) bond motifs is 1. The van der Waals surface area contributed by atoms with E-state index in [0.717, 1.165) is 17.0 Å². The number of para-hydroxylation sites is 2. The van der Waals surface area contributed by atoms with Crippen LogP contribution in [0, 0.1) is 0 Å². The molecule has 1 atom stereocenters. The molecule has 172 valence electrons. The lowest BCUT2D eigenvalue weighted by molar-refractivity contribution is -0.125. The van der Waals surface area contributed by atoms with Crippen molar-refractivity contribution in [3.8, 4) is 17.2 Å². The summed E-state index contributed by atoms with van der Waals surface area (Å²) in [5, 5.41) is 2.90. The highest BCUT2D eigenvalue weighted by Gasteiger charge is 2.27. The largest absolute Gasteiger partial charge is 0.490 e. The summed E-state index contributed by atoms with van der Waals surface area (Å²) in [5.41, 5.74) is 1.81. The lowest BCUT2D eigenvalue weighted by atomic mass is 10.1. The molecule has 0 saturated carbocycles. The Hall–Kier alpha value is -3.22. The lowest BCUT2D eigenvalue weighted by Gasteiger charge is -2.33. The molecule has 0 bridgehead atoms. The fourth-order valence-electron chi connectivity index (χ4n) is 3.67. The van der Waals surface area contributed by atoms with Gasteiger partial charge in [0.15, 0.2) is 11.5 Å². The summed E-state index contributed by atoms with van der Waals surface area (Å²) in [7, 11) is 0. The van der Waals surface area contributed by atoms with E-state index in [1.54, 1.807) is 4.90 Å². The quantitative estimate of drug-likeness (QED) is 0.609. The monoisotopic (exact) mass is 440 g/mol. The van der Waals surface area contributed by atoms with Crippen LogP contribution in [-0.4, -0.2) is 44.2 Å². The molecule has 2 aromatic carbocycles. The standard InChI is InChI=1S/C25H32N2O5/c1-4-30-22-11-10-19(16-23(22)31-5-2)14-15-26-24(28)12-13-25(29)27-17-18(3)32-21-9-7-6-8-20(21)27/h6-11,16,18H,4-5,12-15,17H2,1-3H3,(H,26,28). The van der Waals surface area contributed by atoms with Crippen LogP contribution in [-0.2, 0) is 16.0 Å². The van der Waals surface area contributed by atoms with E-state index in [4.69, 9.17) is 14.2 Å². The van der Waals surface area contributed by atoms with Crippen LogP contribution < -0.4 is 24.4 Å². The van der Waals surface area contributed by atoms with Crippen LogP contribution in [0.3, 0.4) is 0 Å². The Morgan fingerprint density at radius 2 is 1.81 bits per heavy atom. The average Bonchev–Trinajstić information content (AvgIpc) is 2.78. The van der Waals surface area contributed by atoms with E-state index in [0.29, 0.717) is 44.2 Å². The summed E-state index contributed by atoms with van der Waals surface area (Å²) in [6, 6.07) is 13.3. The summed E-state index contributed by atoms with van der Waals surface area (Å²) >= 11 is 0. The predicted molar refractivity (Wildman–Crippen MR) is 124 cm³/mol. The Balaban J connectivity index is 1.47. The van der Waals surface area contributed by atoms with E-state index in [1.807, 2.05) is 63.2 Å². The number of hydrogen-bond acceptors (Lipinski definition) is 5. The van der Waals surface area contributed by atoms with Gasteiger partial charge < -0.3 is 24.4 Å². The van der Waals surface area contributed by atoms with Gasteiger partial charge >= 0.3 is 0 Å². The van der Waals surface area contributed by atoms with Gasteiger partial charge in [-0.1, -0.05) is 18.2 Å². The molecule has 1 aliphatic rings. The first-order valence-electron chi connectivity index (χ1n) is 11.2. The second-order valence-corrected chi connectivity index (χ2v) is 7.65. The molecule has 0 radical (unpaired) electrons. The highest BCUT2D eigenvalue weighted by molar-refractivity contribution is 5.97. The van der Waals surface area contributed by atoms with Crippen molar-refractivity contribution in [3.63, 3.8) is 0 Å². The van der Waals surface area contributed by atoms with Gasteiger partial charge in [0.1, 0.15) is 11.9 Å². The number of benzene rings is 2. The first-order chi connectivity index (χ1) is 15.5. The van der Waals surface area contributed by atoms with Crippen molar-refractivity contribution in [2.45, 2.75) is 46.1 Å². The highest BCUT2D eigenvalue weighted by Crippen LogP contribution is 2.33. The smallest absolute Gasteiger partial charge is 0.227 e. The van der Waals surface area contributed by atoms with E-state index < -0.39 is 0 Å². The Morgan fingerprint density at radius 3 is 2.59 bits per heavy atom. The zero-order valence-electron chi connectivity index (χ0n) is 19.1. The van der Waals surface area contributed by atoms with Crippen LogP contribution >= 0.6 is 0 Å². The Bertz CT molecular complexity index is 930. The number of rotatable bonds is 10. The van der Waals surface area contributed by atoms with Crippen molar-refractivity contribution in [2.75, 3.05) is 31.2 Å². The molecule has 32 heavy (non-hydrogen) atoms. The molecule has 1 aliphatic heterocycles. The third-order valence-corrected chi connectivity index (χ3v) is 5.13. The Labute approximate surface area is 189 Å². The molecular weight excluding hydrogens is 408 g/mol. The predicted octanol–water partition coefficient (Wildman–Crippen LogP) is 3.74. The first-order valence-corrected chi connectivity index (χ1v) is 11.2. The van der Waals surface area contributed by atoms with Crippen molar-refractivity contribution in [2.24, 2.45) is 0 Å². The zero-order valence-corrected chi connectivity index (χ0v) is 19.1. The summed E-state index contributed by atoms with van der Waals surface area (Å²) in [5.74, 6) is 1.92. The van der Waals surface area contributed by atoms with Crippen molar-refractivity contribution in [3.05, 3.63) is 48.0 Å². The molecule has 0 aromatic heterocycles. The van der Waals surface area contributed by atoms with Crippen molar-refractivity contribution >= 4 is 17.5 Å². The molecular formula is C25H32N2O5. The molecule has 1 heterocycles. The maximum absolute atomic E-state index is 12.8. The van der Waals surface area contributed by atoms with E-state index in [9.17, 15) is 9.59 Å². The van der Waals surface area contributed by atoms with E-state index in [2.05, 4.69) is 5.32 Å². The second-order valence-electron chi connectivity index (χ2n) is 7.65. The van der Waals surface area contributed by atoms with Gasteiger partial charge in [-0.15, -0.1) is 0 Å². The molecule has 1 unspecified atom stereocenters. The third-order valence-electron chi connectivity index (χ3n) is 5.13. The summed E-state index contributed by atoms with van der Waals surface area (Å²) in [6.45, 7) is 7.90.